The van der Waals surface area contributed by atoms with Gasteiger partial charge in [0.1, 0.15) is 11.4 Å². The summed E-state index contributed by atoms with van der Waals surface area (Å²) in [5.74, 6) is 0.859. The first-order valence-electron chi connectivity index (χ1n) is 6.11. The second-order valence-electron chi connectivity index (χ2n) is 5.87. The summed E-state index contributed by atoms with van der Waals surface area (Å²) >= 11 is 0. The molecule has 1 rings (SSSR count). The van der Waals surface area contributed by atoms with E-state index in [4.69, 9.17) is 4.74 Å². The zero-order chi connectivity index (χ0) is 13.3. The Hall–Kier alpha value is -1.02. The molecule has 1 atom stereocenters. The Kier molecular flexibility index (Phi) is 3.88. The second kappa shape index (κ2) is 4.69. The van der Waals surface area contributed by atoms with Crippen LogP contribution in [0, 0.1) is 11.3 Å². The van der Waals surface area contributed by atoms with Crippen LogP contribution in [-0.4, -0.2) is 12.2 Å². The molecule has 2 nitrogen and oxygen atoms in total. The summed E-state index contributed by atoms with van der Waals surface area (Å²) in [4.78, 5) is 0. The Bertz CT molecular complexity index is 377. The quantitative estimate of drug-likeness (QED) is 0.869. The molecule has 0 unspecified atom stereocenters. The summed E-state index contributed by atoms with van der Waals surface area (Å²) in [6, 6.07) is 7.71. The van der Waals surface area contributed by atoms with Crippen LogP contribution in [0.1, 0.15) is 40.2 Å². The number of hydrogen-bond donors (Lipinski definition) is 1. The molecule has 0 amide bonds. The summed E-state index contributed by atoms with van der Waals surface area (Å²) in [6.45, 7) is 10.2. The van der Waals surface area contributed by atoms with Crippen molar-refractivity contribution in [2.24, 2.45) is 11.3 Å². The molecule has 0 saturated heterocycles. The van der Waals surface area contributed by atoms with Gasteiger partial charge in [0.2, 0.25) is 0 Å². The van der Waals surface area contributed by atoms with Crippen molar-refractivity contribution in [2.75, 3.05) is 7.11 Å². The van der Waals surface area contributed by atoms with Crippen molar-refractivity contribution in [1.82, 2.24) is 0 Å². The van der Waals surface area contributed by atoms with Gasteiger partial charge in [-0.15, -0.1) is 0 Å². The van der Waals surface area contributed by atoms with Gasteiger partial charge in [-0.1, -0.05) is 52.8 Å². The Morgan fingerprint density at radius 2 is 1.65 bits per heavy atom. The number of methoxy groups -OCH3 is 1. The smallest absolute Gasteiger partial charge is 0.124 e. The molecule has 96 valence electrons. The van der Waals surface area contributed by atoms with Gasteiger partial charge in [-0.05, 0) is 17.4 Å². The van der Waals surface area contributed by atoms with Crippen LogP contribution in [0.4, 0.5) is 0 Å². The lowest BCUT2D eigenvalue weighted by atomic mass is 9.66. The van der Waals surface area contributed by atoms with Crippen molar-refractivity contribution in [3.63, 3.8) is 0 Å². The molecule has 0 saturated carbocycles. The molecule has 0 radical (unpaired) electrons. The first-order valence-corrected chi connectivity index (χ1v) is 6.11. The molecule has 1 N–H and O–H groups in total. The molecule has 0 aromatic heterocycles. The first-order chi connectivity index (χ1) is 7.75. The minimum atomic E-state index is -0.903. The third-order valence-corrected chi connectivity index (χ3v) is 3.50. The molecule has 0 bridgehead atoms. The van der Waals surface area contributed by atoms with Gasteiger partial charge >= 0.3 is 0 Å². The van der Waals surface area contributed by atoms with Crippen LogP contribution in [-0.2, 0) is 5.60 Å². The van der Waals surface area contributed by atoms with E-state index >= 15 is 0 Å². The van der Waals surface area contributed by atoms with Gasteiger partial charge in [0.25, 0.3) is 0 Å². The van der Waals surface area contributed by atoms with Crippen LogP contribution in [0.25, 0.3) is 0 Å². The van der Waals surface area contributed by atoms with Gasteiger partial charge in [-0.25, -0.2) is 0 Å². The molecule has 1 aromatic rings. The van der Waals surface area contributed by atoms with Gasteiger partial charge in [0, 0.05) is 5.56 Å². The predicted octanol–water partition coefficient (Wildman–Crippen LogP) is 3.58. The molecule has 0 heterocycles. The molecule has 0 aliphatic rings. The number of hydrogen-bond acceptors (Lipinski definition) is 2. The lowest BCUT2D eigenvalue weighted by Gasteiger charge is -2.44. The zero-order valence-electron chi connectivity index (χ0n) is 11.7. The highest BCUT2D eigenvalue weighted by atomic mass is 16.5. The highest BCUT2D eigenvalue weighted by Gasteiger charge is 2.45. The molecule has 0 aliphatic heterocycles. The molecule has 2 heteroatoms. The second-order valence-corrected chi connectivity index (χ2v) is 5.87. The molecule has 0 fully saturated rings. The molecular weight excluding hydrogens is 212 g/mol. The van der Waals surface area contributed by atoms with E-state index in [9.17, 15) is 5.11 Å². The number of para-hydroxylation sites is 1. The summed E-state index contributed by atoms with van der Waals surface area (Å²) in [5, 5.41) is 11.1. The van der Waals surface area contributed by atoms with Crippen LogP contribution in [0.15, 0.2) is 24.3 Å². The van der Waals surface area contributed by atoms with Crippen molar-refractivity contribution in [3.8, 4) is 5.75 Å². The van der Waals surface area contributed by atoms with Crippen molar-refractivity contribution >= 4 is 0 Å². The fraction of sp³-hybridized carbons (Fsp3) is 0.600. The van der Waals surface area contributed by atoms with Crippen LogP contribution < -0.4 is 4.74 Å². The van der Waals surface area contributed by atoms with Crippen LogP contribution in [0.2, 0.25) is 0 Å². The van der Waals surface area contributed by atoms with E-state index in [0.29, 0.717) is 0 Å². The summed E-state index contributed by atoms with van der Waals surface area (Å²) in [6.07, 6.45) is 0. The van der Waals surface area contributed by atoms with Crippen molar-refractivity contribution in [1.29, 1.82) is 0 Å². The average Bonchev–Trinajstić information content (AvgIpc) is 2.26. The standard InChI is InChI=1S/C15H24O2/c1-11(2)15(16,14(3,4)5)12-9-7-8-10-13(12)17-6/h7-11,16H,1-6H3/t15-/m1/s1. The number of rotatable bonds is 3. The first kappa shape index (κ1) is 14.0. The average molecular weight is 236 g/mol. The Morgan fingerprint density at radius 3 is 2.06 bits per heavy atom. The normalized spacial score (nSPS) is 15.8. The number of ether oxygens (including phenoxy) is 1. The van der Waals surface area contributed by atoms with Gasteiger partial charge in [-0.3, -0.25) is 0 Å². The summed E-state index contributed by atoms with van der Waals surface area (Å²) in [7, 11) is 1.64. The SMILES string of the molecule is COc1ccccc1[C@](O)(C(C)C)C(C)(C)C. The number of benzene rings is 1. The predicted molar refractivity (Wildman–Crippen MR) is 71.2 cm³/mol. The van der Waals surface area contributed by atoms with Crippen molar-refractivity contribution < 1.29 is 9.84 Å². The van der Waals surface area contributed by atoms with Crippen molar-refractivity contribution in [2.45, 2.75) is 40.2 Å². The fourth-order valence-electron chi connectivity index (χ4n) is 2.54. The lowest BCUT2D eigenvalue weighted by molar-refractivity contribution is -0.103. The maximum absolute atomic E-state index is 11.1. The monoisotopic (exact) mass is 236 g/mol. The van der Waals surface area contributed by atoms with E-state index in [-0.39, 0.29) is 11.3 Å². The third-order valence-electron chi connectivity index (χ3n) is 3.50. The molecule has 0 spiro atoms. The van der Waals surface area contributed by atoms with Crippen molar-refractivity contribution in [3.05, 3.63) is 29.8 Å². The Morgan fingerprint density at radius 1 is 1.12 bits per heavy atom. The maximum atomic E-state index is 11.1. The topological polar surface area (TPSA) is 29.5 Å². The molecule has 0 aliphatic carbocycles. The Labute approximate surface area is 105 Å². The van der Waals surface area contributed by atoms with E-state index in [1.807, 2.05) is 38.1 Å². The minimum absolute atomic E-state index is 0.110. The Balaban J connectivity index is 3.43. The molecule has 17 heavy (non-hydrogen) atoms. The van der Waals surface area contributed by atoms with E-state index in [2.05, 4.69) is 20.8 Å². The number of aliphatic hydroxyl groups is 1. The van der Waals surface area contributed by atoms with E-state index in [1.54, 1.807) is 7.11 Å². The van der Waals surface area contributed by atoms with Gasteiger partial charge in [0.15, 0.2) is 0 Å². The zero-order valence-corrected chi connectivity index (χ0v) is 11.7. The molecule has 1 aromatic carbocycles. The van der Waals surface area contributed by atoms with Crippen LogP contribution >= 0.6 is 0 Å². The van der Waals surface area contributed by atoms with Crippen LogP contribution in [0.3, 0.4) is 0 Å². The van der Waals surface area contributed by atoms with E-state index in [0.717, 1.165) is 11.3 Å². The van der Waals surface area contributed by atoms with E-state index < -0.39 is 5.60 Å². The third kappa shape index (κ3) is 2.32. The highest BCUT2D eigenvalue weighted by Crippen LogP contribution is 2.47. The largest absolute Gasteiger partial charge is 0.496 e. The van der Waals surface area contributed by atoms with E-state index in [1.165, 1.54) is 0 Å². The highest BCUT2D eigenvalue weighted by molar-refractivity contribution is 5.39. The maximum Gasteiger partial charge on any atom is 0.124 e. The molecular formula is C15H24O2. The fourth-order valence-corrected chi connectivity index (χ4v) is 2.54. The van der Waals surface area contributed by atoms with Gasteiger partial charge in [0.05, 0.1) is 7.11 Å². The van der Waals surface area contributed by atoms with Gasteiger partial charge in [-0.2, -0.15) is 0 Å². The lowest BCUT2D eigenvalue weighted by Crippen LogP contribution is -2.44. The summed E-state index contributed by atoms with van der Waals surface area (Å²) < 4.78 is 5.38. The minimum Gasteiger partial charge on any atom is -0.496 e. The van der Waals surface area contributed by atoms with Crippen LogP contribution in [0.5, 0.6) is 5.75 Å². The van der Waals surface area contributed by atoms with Gasteiger partial charge < -0.3 is 9.84 Å². The summed E-state index contributed by atoms with van der Waals surface area (Å²) in [5.41, 5.74) is -0.292.